The van der Waals surface area contributed by atoms with Crippen molar-refractivity contribution in [2.75, 3.05) is 5.32 Å². The van der Waals surface area contributed by atoms with Crippen molar-refractivity contribution in [1.82, 2.24) is 20.2 Å². The molecule has 0 atom stereocenters. The van der Waals surface area contributed by atoms with Gasteiger partial charge in [-0.25, -0.2) is 4.68 Å². The standard InChI is InChI=1S/C15H13N5O/c1-11-4-2-3-5-14(11)15(21)17-12-6-8-13(9-7-12)20-10-16-18-19-20/h2-10H,1H3,(H,17,21). The Morgan fingerprint density at radius 1 is 1.10 bits per heavy atom. The molecule has 3 aromatic rings. The lowest BCUT2D eigenvalue weighted by Crippen LogP contribution is -2.13. The number of benzene rings is 2. The number of nitrogens with zero attached hydrogens (tertiary/aromatic N) is 4. The Labute approximate surface area is 121 Å². The number of carbonyl (C=O) groups excluding carboxylic acids is 1. The van der Waals surface area contributed by atoms with E-state index in [-0.39, 0.29) is 5.91 Å². The quantitative estimate of drug-likeness (QED) is 0.798. The van der Waals surface area contributed by atoms with Crippen LogP contribution in [0.15, 0.2) is 54.9 Å². The molecule has 1 aromatic heterocycles. The van der Waals surface area contributed by atoms with Crippen LogP contribution >= 0.6 is 0 Å². The summed E-state index contributed by atoms with van der Waals surface area (Å²) >= 11 is 0. The van der Waals surface area contributed by atoms with Gasteiger partial charge in [0.2, 0.25) is 0 Å². The van der Waals surface area contributed by atoms with E-state index in [1.807, 2.05) is 49.4 Å². The van der Waals surface area contributed by atoms with Gasteiger partial charge in [-0.2, -0.15) is 0 Å². The van der Waals surface area contributed by atoms with Crippen LogP contribution in [0.4, 0.5) is 5.69 Å². The van der Waals surface area contributed by atoms with E-state index in [9.17, 15) is 4.79 Å². The van der Waals surface area contributed by atoms with Gasteiger partial charge < -0.3 is 5.32 Å². The first kappa shape index (κ1) is 13.0. The fourth-order valence-electron chi connectivity index (χ4n) is 2.00. The lowest BCUT2D eigenvalue weighted by Gasteiger charge is -2.08. The zero-order valence-electron chi connectivity index (χ0n) is 11.4. The molecule has 1 N–H and O–H groups in total. The molecule has 0 saturated carbocycles. The maximum atomic E-state index is 12.2. The van der Waals surface area contributed by atoms with Crippen LogP contribution in [-0.4, -0.2) is 26.1 Å². The number of hydrogen-bond donors (Lipinski definition) is 1. The molecule has 104 valence electrons. The van der Waals surface area contributed by atoms with Gasteiger partial charge in [-0.1, -0.05) is 18.2 Å². The lowest BCUT2D eigenvalue weighted by molar-refractivity contribution is 0.102. The molecule has 0 radical (unpaired) electrons. The number of rotatable bonds is 3. The van der Waals surface area contributed by atoms with E-state index < -0.39 is 0 Å². The topological polar surface area (TPSA) is 72.7 Å². The minimum Gasteiger partial charge on any atom is -0.322 e. The van der Waals surface area contributed by atoms with Gasteiger partial charge in [0, 0.05) is 11.3 Å². The smallest absolute Gasteiger partial charge is 0.255 e. The molecule has 0 aliphatic rings. The van der Waals surface area contributed by atoms with Crippen molar-refractivity contribution in [3.8, 4) is 5.69 Å². The van der Waals surface area contributed by atoms with Gasteiger partial charge in [-0.3, -0.25) is 4.79 Å². The fraction of sp³-hybridized carbons (Fsp3) is 0.0667. The molecule has 0 saturated heterocycles. The summed E-state index contributed by atoms with van der Waals surface area (Å²) in [4.78, 5) is 12.2. The molecule has 0 spiro atoms. The first-order valence-electron chi connectivity index (χ1n) is 6.44. The first-order chi connectivity index (χ1) is 10.2. The molecular weight excluding hydrogens is 266 g/mol. The van der Waals surface area contributed by atoms with Crippen molar-refractivity contribution in [3.05, 3.63) is 66.0 Å². The van der Waals surface area contributed by atoms with E-state index in [1.165, 1.54) is 6.33 Å². The zero-order chi connectivity index (χ0) is 14.7. The number of carbonyl (C=O) groups is 1. The fourth-order valence-corrected chi connectivity index (χ4v) is 2.00. The number of tetrazole rings is 1. The predicted octanol–water partition coefficient (Wildman–Crippen LogP) is 2.22. The average molecular weight is 279 g/mol. The van der Waals surface area contributed by atoms with E-state index in [0.29, 0.717) is 5.56 Å². The minimum absolute atomic E-state index is 0.122. The zero-order valence-corrected chi connectivity index (χ0v) is 11.4. The van der Waals surface area contributed by atoms with Crippen molar-refractivity contribution >= 4 is 11.6 Å². The molecule has 0 bridgehead atoms. The third-order valence-corrected chi connectivity index (χ3v) is 3.13. The van der Waals surface area contributed by atoms with Crippen LogP contribution in [-0.2, 0) is 0 Å². The number of amides is 1. The van der Waals surface area contributed by atoms with Gasteiger partial charge in [-0.15, -0.1) is 5.10 Å². The highest BCUT2D eigenvalue weighted by molar-refractivity contribution is 6.05. The highest BCUT2D eigenvalue weighted by atomic mass is 16.1. The Kier molecular flexibility index (Phi) is 3.42. The molecule has 1 amide bonds. The summed E-state index contributed by atoms with van der Waals surface area (Å²) in [6, 6.07) is 14.8. The first-order valence-corrected chi connectivity index (χ1v) is 6.44. The number of aromatic nitrogens is 4. The van der Waals surface area contributed by atoms with Crippen LogP contribution in [0.2, 0.25) is 0 Å². The predicted molar refractivity (Wildman–Crippen MR) is 78.3 cm³/mol. The monoisotopic (exact) mass is 279 g/mol. The molecule has 0 aliphatic heterocycles. The van der Waals surface area contributed by atoms with E-state index in [4.69, 9.17) is 0 Å². The Balaban J connectivity index is 1.77. The molecule has 21 heavy (non-hydrogen) atoms. The van der Waals surface area contributed by atoms with Crippen LogP contribution in [0.25, 0.3) is 5.69 Å². The number of nitrogens with one attached hydrogen (secondary N) is 1. The third-order valence-electron chi connectivity index (χ3n) is 3.13. The largest absolute Gasteiger partial charge is 0.322 e. The molecule has 6 nitrogen and oxygen atoms in total. The second-order valence-electron chi connectivity index (χ2n) is 4.57. The normalized spacial score (nSPS) is 10.3. The Morgan fingerprint density at radius 3 is 2.52 bits per heavy atom. The highest BCUT2D eigenvalue weighted by Gasteiger charge is 2.08. The van der Waals surface area contributed by atoms with Gasteiger partial charge in [0.1, 0.15) is 6.33 Å². The molecule has 6 heteroatoms. The molecule has 1 heterocycles. The molecule has 3 rings (SSSR count). The van der Waals surface area contributed by atoms with Gasteiger partial charge >= 0.3 is 0 Å². The van der Waals surface area contributed by atoms with E-state index in [1.54, 1.807) is 10.7 Å². The van der Waals surface area contributed by atoms with Gasteiger partial charge in [-0.05, 0) is 53.2 Å². The lowest BCUT2D eigenvalue weighted by atomic mass is 10.1. The van der Waals surface area contributed by atoms with E-state index in [0.717, 1.165) is 16.9 Å². The second-order valence-corrected chi connectivity index (χ2v) is 4.57. The summed E-state index contributed by atoms with van der Waals surface area (Å²) in [5, 5.41) is 13.8. The highest BCUT2D eigenvalue weighted by Crippen LogP contribution is 2.14. The van der Waals surface area contributed by atoms with Crippen LogP contribution in [0.5, 0.6) is 0 Å². The summed E-state index contributed by atoms with van der Waals surface area (Å²) < 4.78 is 1.55. The van der Waals surface area contributed by atoms with Crippen LogP contribution in [0, 0.1) is 6.92 Å². The van der Waals surface area contributed by atoms with Crippen molar-refractivity contribution < 1.29 is 4.79 Å². The maximum absolute atomic E-state index is 12.2. The Bertz CT molecular complexity index is 750. The third kappa shape index (κ3) is 2.79. The summed E-state index contributed by atoms with van der Waals surface area (Å²) in [5.41, 5.74) is 3.16. The Hall–Kier alpha value is -3.02. The molecule has 0 aliphatic carbocycles. The molecule has 2 aromatic carbocycles. The Morgan fingerprint density at radius 2 is 1.86 bits per heavy atom. The molecular formula is C15H13N5O. The maximum Gasteiger partial charge on any atom is 0.255 e. The van der Waals surface area contributed by atoms with Crippen LogP contribution < -0.4 is 5.32 Å². The van der Waals surface area contributed by atoms with Gasteiger partial charge in [0.25, 0.3) is 5.91 Å². The van der Waals surface area contributed by atoms with Crippen molar-refractivity contribution in [2.24, 2.45) is 0 Å². The summed E-state index contributed by atoms with van der Waals surface area (Å²) in [6.45, 7) is 1.91. The van der Waals surface area contributed by atoms with Crippen molar-refractivity contribution in [2.45, 2.75) is 6.92 Å². The molecule has 0 unspecified atom stereocenters. The van der Waals surface area contributed by atoms with Crippen LogP contribution in [0.1, 0.15) is 15.9 Å². The summed E-state index contributed by atoms with van der Waals surface area (Å²) in [6.07, 6.45) is 1.51. The minimum atomic E-state index is -0.122. The van der Waals surface area contributed by atoms with Gasteiger partial charge in [0.05, 0.1) is 5.69 Å². The number of hydrogen-bond acceptors (Lipinski definition) is 4. The number of anilines is 1. The summed E-state index contributed by atoms with van der Waals surface area (Å²) in [5.74, 6) is -0.122. The SMILES string of the molecule is Cc1ccccc1C(=O)Nc1ccc(-n2cnnn2)cc1. The van der Waals surface area contributed by atoms with Crippen molar-refractivity contribution in [1.29, 1.82) is 0 Å². The summed E-state index contributed by atoms with van der Waals surface area (Å²) in [7, 11) is 0. The second kappa shape index (κ2) is 5.54. The van der Waals surface area contributed by atoms with E-state index in [2.05, 4.69) is 20.8 Å². The van der Waals surface area contributed by atoms with Gasteiger partial charge in [0.15, 0.2) is 0 Å². The molecule has 0 fully saturated rings. The van der Waals surface area contributed by atoms with E-state index >= 15 is 0 Å². The number of aryl methyl sites for hydroxylation is 1. The van der Waals surface area contributed by atoms with Crippen LogP contribution in [0.3, 0.4) is 0 Å². The average Bonchev–Trinajstić information content (AvgIpc) is 3.02. The van der Waals surface area contributed by atoms with Crippen molar-refractivity contribution in [3.63, 3.8) is 0 Å².